The van der Waals surface area contributed by atoms with Gasteiger partial charge in [-0.15, -0.1) is 0 Å². The number of carbonyl (C=O) groups is 2. The Balaban J connectivity index is 1.63. The van der Waals surface area contributed by atoms with Crippen LogP contribution in [0.5, 0.6) is 0 Å². The minimum atomic E-state index is -0.297. The summed E-state index contributed by atoms with van der Waals surface area (Å²) in [6, 6.07) is 19.8. The third-order valence-electron chi connectivity index (χ3n) is 4.87. The molecule has 1 saturated heterocycles. The lowest BCUT2D eigenvalue weighted by Gasteiger charge is -2.24. The van der Waals surface area contributed by atoms with Gasteiger partial charge in [0.15, 0.2) is 0 Å². The van der Waals surface area contributed by atoms with Crippen molar-refractivity contribution >= 4 is 11.8 Å². The molecule has 1 fully saturated rings. The summed E-state index contributed by atoms with van der Waals surface area (Å²) in [5.74, 6) is -0.299. The molecule has 2 unspecified atom stereocenters. The molecule has 0 spiro atoms. The molecule has 2 amide bonds. The summed E-state index contributed by atoms with van der Waals surface area (Å²) in [6.45, 7) is 1.75. The maximum absolute atomic E-state index is 12.8. The van der Waals surface area contributed by atoms with Gasteiger partial charge in [0, 0.05) is 26.1 Å². The van der Waals surface area contributed by atoms with Gasteiger partial charge in [0.1, 0.15) is 0 Å². The molecule has 142 valence electrons. The van der Waals surface area contributed by atoms with Gasteiger partial charge in [-0.1, -0.05) is 60.7 Å². The second-order valence-corrected chi connectivity index (χ2v) is 7.40. The van der Waals surface area contributed by atoms with Crippen molar-refractivity contribution in [3.05, 3.63) is 71.8 Å². The van der Waals surface area contributed by atoms with Gasteiger partial charge in [0.05, 0.1) is 12.0 Å². The highest BCUT2D eigenvalue weighted by molar-refractivity contribution is 5.89. The standard InChI is InChI=1S/C22H27N3O2/c1-24(2)16-20(18-11-7-4-8-12-18)23-22(27)19-13-21(26)25(15-19)14-17-9-5-3-6-10-17/h3-12,19-20H,13-16H2,1-2H3,(H,23,27). The fourth-order valence-electron chi connectivity index (χ4n) is 3.48. The molecule has 0 aromatic heterocycles. The average molecular weight is 365 g/mol. The van der Waals surface area contributed by atoms with Crippen LogP contribution in [0.1, 0.15) is 23.6 Å². The first-order chi connectivity index (χ1) is 13.0. The van der Waals surface area contributed by atoms with E-state index in [4.69, 9.17) is 0 Å². The van der Waals surface area contributed by atoms with Crippen molar-refractivity contribution in [2.24, 2.45) is 5.92 Å². The van der Waals surface area contributed by atoms with Crippen LogP contribution >= 0.6 is 0 Å². The van der Waals surface area contributed by atoms with Crippen LogP contribution in [0.3, 0.4) is 0 Å². The number of likely N-dealkylation sites (tertiary alicyclic amines) is 1. The molecule has 0 bridgehead atoms. The van der Waals surface area contributed by atoms with E-state index in [2.05, 4.69) is 10.2 Å². The van der Waals surface area contributed by atoms with Crippen LogP contribution in [-0.4, -0.2) is 48.8 Å². The Labute approximate surface area is 161 Å². The van der Waals surface area contributed by atoms with Gasteiger partial charge in [0.2, 0.25) is 11.8 Å². The Hall–Kier alpha value is -2.66. The summed E-state index contributed by atoms with van der Waals surface area (Å²) < 4.78 is 0. The van der Waals surface area contributed by atoms with E-state index in [1.54, 1.807) is 4.90 Å². The second-order valence-electron chi connectivity index (χ2n) is 7.40. The van der Waals surface area contributed by atoms with Gasteiger partial charge in [-0.3, -0.25) is 9.59 Å². The molecule has 2 aromatic rings. The lowest BCUT2D eigenvalue weighted by atomic mass is 10.0. The van der Waals surface area contributed by atoms with Gasteiger partial charge in [0.25, 0.3) is 0 Å². The maximum atomic E-state index is 12.8. The van der Waals surface area contributed by atoms with Crippen molar-refractivity contribution in [3.8, 4) is 0 Å². The normalized spacial score (nSPS) is 18.0. The highest BCUT2D eigenvalue weighted by Gasteiger charge is 2.35. The molecule has 0 radical (unpaired) electrons. The van der Waals surface area contributed by atoms with E-state index < -0.39 is 0 Å². The zero-order valence-electron chi connectivity index (χ0n) is 16.0. The molecule has 1 aliphatic rings. The average Bonchev–Trinajstić information content (AvgIpc) is 3.03. The predicted octanol–water partition coefficient (Wildman–Crippen LogP) is 2.45. The smallest absolute Gasteiger partial charge is 0.225 e. The minimum absolute atomic E-state index is 0.0443. The third-order valence-corrected chi connectivity index (χ3v) is 4.87. The number of hydrogen-bond acceptors (Lipinski definition) is 3. The van der Waals surface area contributed by atoms with Gasteiger partial charge in [-0.25, -0.2) is 0 Å². The van der Waals surface area contributed by atoms with E-state index >= 15 is 0 Å². The molecule has 1 aliphatic heterocycles. The molecule has 2 atom stereocenters. The van der Waals surface area contributed by atoms with Crippen LogP contribution in [0.15, 0.2) is 60.7 Å². The van der Waals surface area contributed by atoms with Gasteiger partial charge >= 0.3 is 0 Å². The van der Waals surface area contributed by atoms with Crippen molar-refractivity contribution in [1.82, 2.24) is 15.1 Å². The Morgan fingerprint density at radius 1 is 1.11 bits per heavy atom. The zero-order valence-corrected chi connectivity index (χ0v) is 16.0. The number of amides is 2. The molecular weight excluding hydrogens is 338 g/mol. The van der Waals surface area contributed by atoms with Gasteiger partial charge < -0.3 is 15.1 Å². The first-order valence-corrected chi connectivity index (χ1v) is 9.34. The quantitative estimate of drug-likeness (QED) is 0.820. The second kappa shape index (κ2) is 8.82. The largest absolute Gasteiger partial charge is 0.348 e. The zero-order chi connectivity index (χ0) is 19.2. The van der Waals surface area contributed by atoms with Crippen molar-refractivity contribution in [2.75, 3.05) is 27.2 Å². The maximum Gasteiger partial charge on any atom is 0.225 e. The van der Waals surface area contributed by atoms with E-state index in [1.807, 2.05) is 74.8 Å². The van der Waals surface area contributed by atoms with Crippen molar-refractivity contribution < 1.29 is 9.59 Å². The van der Waals surface area contributed by atoms with Gasteiger partial charge in [-0.2, -0.15) is 0 Å². The van der Waals surface area contributed by atoms with Gasteiger partial charge in [-0.05, 0) is 25.2 Å². The van der Waals surface area contributed by atoms with E-state index in [0.717, 1.165) is 11.1 Å². The van der Waals surface area contributed by atoms with Crippen molar-refractivity contribution in [2.45, 2.75) is 19.0 Å². The first kappa shape index (κ1) is 19.1. The van der Waals surface area contributed by atoms with E-state index in [1.165, 1.54) is 0 Å². The van der Waals surface area contributed by atoms with Crippen LogP contribution in [0, 0.1) is 5.92 Å². The summed E-state index contributed by atoms with van der Waals surface area (Å²) in [5.41, 5.74) is 2.16. The number of nitrogens with one attached hydrogen (secondary N) is 1. The molecule has 5 nitrogen and oxygen atoms in total. The highest BCUT2D eigenvalue weighted by Crippen LogP contribution is 2.22. The van der Waals surface area contributed by atoms with Crippen LogP contribution < -0.4 is 5.32 Å². The number of benzene rings is 2. The van der Waals surface area contributed by atoms with Crippen LogP contribution in [0.25, 0.3) is 0 Å². The fourth-order valence-corrected chi connectivity index (χ4v) is 3.48. The molecule has 0 aliphatic carbocycles. The van der Waals surface area contributed by atoms with E-state index in [9.17, 15) is 9.59 Å². The van der Waals surface area contributed by atoms with Crippen LogP contribution in [0.2, 0.25) is 0 Å². The summed E-state index contributed by atoms with van der Waals surface area (Å²) in [6.07, 6.45) is 0.280. The van der Waals surface area contributed by atoms with E-state index in [0.29, 0.717) is 19.6 Å². The first-order valence-electron chi connectivity index (χ1n) is 9.34. The van der Waals surface area contributed by atoms with Crippen molar-refractivity contribution in [1.29, 1.82) is 0 Å². The predicted molar refractivity (Wildman–Crippen MR) is 106 cm³/mol. The molecule has 2 aromatic carbocycles. The molecule has 5 heteroatoms. The molecule has 27 heavy (non-hydrogen) atoms. The Bertz CT molecular complexity index is 762. The lowest BCUT2D eigenvalue weighted by Crippen LogP contribution is -2.39. The molecular formula is C22H27N3O2. The number of rotatable bonds is 7. The Morgan fingerprint density at radius 3 is 2.37 bits per heavy atom. The number of hydrogen-bond donors (Lipinski definition) is 1. The number of carbonyl (C=O) groups excluding carboxylic acids is 2. The van der Waals surface area contributed by atoms with Crippen LogP contribution in [-0.2, 0) is 16.1 Å². The number of nitrogens with zero attached hydrogens (tertiary/aromatic N) is 2. The lowest BCUT2D eigenvalue weighted by molar-refractivity contribution is -0.129. The minimum Gasteiger partial charge on any atom is -0.348 e. The molecule has 3 rings (SSSR count). The SMILES string of the molecule is CN(C)CC(NC(=O)C1CC(=O)N(Cc2ccccc2)C1)c1ccccc1. The fraction of sp³-hybridized carbons (Fsp3) is 0.364. The third kappa shape index (κ3) is 5.17. The monoisotopic (exact) mass is 365 g/mol. The summed E-state index contributed by atoms with van der Waals surface area (Å²) in [5, 5.41) is 3.15. The topological polar surface area (TPSA) is 52.7 Å². The Kier molecular flexibility index (Phi) is 6.24. The summed E-state index contributed by atoms with van der Waals surface area (Å²) in [7, 11) is 3.98. The van der Waals surface area contributed by atoms with Crippen LogP contribution in [0.4, 0.5) is 0 Å². The summed E-state index contributed by atoms with van der Waals surface area (Å²) >= 11 is 0. The summed E-state index contributed by atoms with van der Waals surface area (Å²) in [4.78, 5) is 29.0. The molecule has 0 saturated carbocycles. The molecule has 1 heterocycles. The highest BCUT2D eigenvalue weighted by atomic mass is 16.2. The Morgan fingerprint density at radius 2 is 1.74 bits per heavy atom. The van der Waals surface area contributed by atoms with Crippen molar-refractivity contribution in [3.63, 3.8) is 0 Å². The van der Waals surface area contributed by atoms with E-state index in [-0.39, 0.29) is 30.2 Å². The number of likely N-dealkylation sites (N-methyl/N-ethyl adjacent to an activating group) is 1. The molecule has 1 N–H and O–H groups in total.